The van der Waals surface area contributed by atoms with Gasteiger partial charge in [-0.3, -0.25) is 0 Å². The summed E-state index contributed by atoms with van der Waals surface area (Å²) in [6, 6.07) is 8.12. The maximum Gasteiger partial charge on any atom is 0.123 e. The molecule has 2 rings (SSSR count). The molecule has 0 aliphatic heterocycles. The van der Waals surface area contributed by atoms with Gasteiger partial charge in [0.15, 0.2) is 0 Å². The van der Waals surface area contributed by atoms with Crippen molar-refractivity contribution in [3.8, 4) is 0 Å². The van der Waals surface area contributed by atoms with E-state index in [9.17, 15) is 0 Å². The molecular weight excluding hydrogens is 214 g/mol. The molecule has 17 heavy (non-hydrogen) atoms. The normalized spacial score (nSPS) is 13.1. The van der Waals surface area contributed by atoms with Gasteiger partial charge in [-0.15, -0.1) is 0 Å². The van der Waals surface area contributed by atoms with Crippen LogP contribution in [0.4, 0.5) is 0 Å². The Hall–Kier alpha value is -1.39. The van der Waals surface area contributed by atoms with Crippen molar-refractivity contribution in [3.63, 3.8) is 0 Å². The number of aliphatic hydroxyl groups excluding tert-OH is 1. The number of benzene rings is 1. The molecule has 0 bridgehead atoms. The van der Waals surface area contributed by atoms with Gasteiger partial charge >= 0.3 is 0 Å². The lowest BCUT2D eigenvalue weighted by molar-refractivity contribution is 0.183. The van der Waals surface area contributed by atoms with Crippen LogP contribution in [0.1, 0.15) is 19.2 Å². The summed E-state index contributed by atoms with van der Waals surface area (Å²) in [5, 5.41) is 12.4. The summed E-state index contributed by atoms with van der Waals surface area (Å²) < 4.78 is 2.10. The monoisotopic (exact) mass is 233 g/mol. The molecule has 2 N–H and O–H groups in total. The van der Waals surface area contributed by atoms with Crippen LogP contribution in [0.5, 0.6) is 0 Å². The van der Waals surface area contributed by atoms with Crippen molar-refractivity contribution < 1.29 is 5.11 Å². The highest BCUT2D eigenvalue weighted by Gasteiger charge is 2.06. The first-order chi connectivity index (χ1) is 8.18. The van der Waals surface area contributed by atoms with Crippen molar-refractivity contribution in [2.45, 2.75) is 26.0 Å². The predicted octanol–water partition coefficient (Wildman–Crippen LogP) is 1.43. The second kappa shape index (κ2) is 5.29. The van der Waals surface area contributed by atoms with E-state index in [1.165, 1.54) is 0 Å². The number of aromatic nitrogens is 2. The standard InChI is InChI=1S/C13H19N3O/c1-10(17)7-8-14-9-13-15-11-5-3-4-6-12(11)16(13)2/h3-6,10,14,17H,7-9H2,1-2H3. The minimum atomic E-state index is -0.247. The van der Waals surface area contributed by atoms with Crippen molar-refractivity contribution in [3.05, 3.63) is 30.1 Å². The van der Waals surface area contributed by atoms with Crippen molar-refractivity contribution >= 4 is 11.0 Å². The molecule has 92 valence electrons. The average molecular weight is 233 g/mol. The fourth-order valence-corrected chi connectivity index (χ4v) is 1.86. The molecule has 0 spiro atoms. The van der Waals surface area contributed by atoms with Crippen LogP contribution >= 0.6 is 0 Å². The quantitative estimate of drug-likeness (QED) is 0.768. The van der Waals surface area contributed by atoms with Gasteiger partial charge in [0.05, 0.1) is 23.7 Å². The third kappa shape index (κ3) is 2.84. The molecule has 0 radical (unpaired) electrons. The van der Waals surface area contributed by atoms with Crippen LogP contribution in [-0.2, 0) is 13.6 Å². The van der Waals surface area contributed by atoms with Crippen LogP contribution in [0.15, 0.2) is 24.3 Å². The van der Waals surface area contributed by atoms with Gasteiger partial charge < -0.3 is 15.0 Å². The summed E-state index contributed by atoms with van der Waals surface area (Å²) in [4.78, 5) is 4.57. The number of hydrogen-bond acceptors (Lipinski definition) is 3. The molecule has 0 amide bonds. The first-order valence-corrected chi connectivity index (χ1v) is 5.97. The number of para-hydroxylation sites is 2. The smallest absolute Gasteiger partial charge is 0.123 e. The number of hydrogen-bond donors (Lipinski definition) is 2. The number of nitrogens with one attached hydrogen (secondary N) is 1. The largest absolute Gasteiger partial charge is 0.393 e. The highest BCUT2D eigenvalue weighted by Crippen LogP contribution is 2.13. The van der Waals surface area contributed by atoms with Crippen LogP contribution in [0, 0.1) is 0 Å². The summed E-state index contributed by atoms with van der Waals surface area (Å²) in [6.45, 7) is 3.34. The van der Waals surface area contributed by atoms with E-state index in [-0.39, 0.29) is 6.10 Å². The van der Waals surface area contributed by atoms with E-state index >= 15 is 0 Å². The minimum absolute atomic E-state index is 0.247. The van der Waals surface area contributed by atoms with E-state index in [0.29, 0.717) is 0 Å². The Labute approximate surface area is 101 Å². The number of imidazole rings is 1. The minimum Gasteiger partial charge on any atom is -0.393 e. The van der Waals surface area contributed by atoms with E-state index in [0.717, 1.165) is 36.4 Å². The number of fused-ring (bicyclic) bond motifs is 1. The lowest BCUT2D eigenvalue weighted by Gasteiger charge is -2.06. The third-order valence-corrected chi connectivity index (χ3v) is 2.90. The zero-order valence-corrected chi connectivity index (χ0v) is 10.3. The fraction of sp³-hybridized carbons (Fsp3) is 0.462. The number of rotatable bonds is 5. The molecule has 1 atom stereocenters. The maximum absolute atomic E-state index is 9.16. The summed E-state index contributed by atoms with van der Waals surface area (Å²) in [5.41, 5.74) is 2.18. The highest BCUT2D eigenvalue weighted by atomic mass is 16.3. The fourth-order valence-electron chi connectivity index (χ4n) is 1.86. The topological polar surface area (TPSA) is 50.1 Å². The molecule has 4 heteroatoms. The molecule has 2 aromatic rings. The second-order valence-corrected chi connectivity index (χ2v) is 4.39. The summed E-state index contributed by atoms with van der Waals surface area (Å²) in [6.07, 6.45) is 0.521. The molecule has 0 aliphatic carbocycles. The SMILES string of the molecule is CC(O)CCNCc1nc2ccccc2n1C. The van der Waals surface area contributed by atoms with E-state index < -0.39 is 0 Å². The van der Waals surface area contributed by atoms with Gasteiger partial charge in [-0.25, -0.2) is 4.98 Å². The lowest BCUT2D eigenvalue weighted by atomic mass is 10.3. The Morgan fingerprint density at radius 2 is 2.18 bits per heavy atom. The van der Waals surface area contributed by atoms with E-state index in [4.69, 9.17) is 5.11 Å². The Morgan fingerprint density at radius 3 is 2.88 bits per heavy atom. The third-order valence-electron chi connectivity index (χ3n) is 2.90. The summed E-state index contributed by atoms with van der Waals surface area (Å²) >= 11 is 0. The summed E-state index contributed by atoms with van der Waals surface area (Å²) in [5.74, 6) is 1.02. The molecule has 1 aromatic heterocycles. The van der Waals surface area contributed by atoms with Crippen molar-refractivity contribution in [2.75, 3.05) is 6.54 Å². The van der Waals surface area contributed by atoms with Gasteiger partial charge in [0, 0.05) is 7.05 Å². The molecule has 1 unspecified atom stereocenters. The van der Waals surface area contributed by atoms with E-state index in [2.05, 4.69) is 20.9 Å². The molecule has 4 nitrogen and oxygen atoms in total. The number of nitrogens with zero attached hydrogens (tertiary/aromatic N) is 2. The number of aryl methyl sites for hydroxylation is 1. The van der Waals surface area contributed by atoms with Crippen LogP contribution in [0.3, 0.4) is 0 Å². The zero-order chi connectivity index (χ0) is 12.3. The first kappa shape index (κ1) is 12.1. The Kier molecular flexibility index (Phi) is 3.76. The second-order valence-electron chi connectivity index (χ2n) is 4.39. The Morgan fingerprint density at radius 1 is 1.41 bits per heavy atom. The van der Waals surface area contributed by atoms with Crippen LogP contribution in [0.25, 0.3) is 11.0 Å². The zero-order valence-electron chi connectivity index (χ0n) is 10.3. The van der Waals surface area contributed by atoms with Crippen molar-refractivity contribution in [1.29, 1.82) is 0 Å². The van der Waals surface area contributed by atoms with Crippen LogP contribution in [-0.4, -0.2) is 27.3 Å². The highest BCUT2D eigenvalue weighted by molar-refractivity contribution is 5.75. The lowest BCUT2D eigenvalue weighted by Crippen LogP contribution is -2.20. The summed E-state index contributed by atoms with van der Waals surface area (Å²) in [7, 11) is 2.03. The van der Waals surface area contributed by atoms with Gasteiger partial charge in [0.25, 0.3) is 0 Å². The molecule has 0 aliphatic rings. The average Bonchev–Trinajstić information content (AvgIpc) is 2.63. The first-order valence-electron chi connectivity index (χ1n) is 5.97. The van der Waals surface area contributed by atoms with Gasteiger partial charge in [-0.1, -0.05) is 12.1 Å². The van der Waals surface area contributed by atoms with Gasteiger partial charge in [0.1, 0.15) is 5.82 Å². The van der Waals surface area contributed by atoms with Crippen molar-refractivity contribution in [1.82, 2.24) is 14.9 Å². The number of aliphatic hydroxyl groups is 1. The Balaban J connectivity index is 2.01. The molecule has 1 aromatic carbocycles. The van der Waals surface area contributed by atoms with Gasteiger partial charge in [0.2, 0.25) is 0 Å². The molecule has 0 saturated carbocycles. The molecule has 0 fully saturated rings. The van der Waals surface area contributed by atoms with Crippen LogP contribution < -0.4 is 5.32 Å². The van der Waals surface area contributed by atoms with Crippen molar-refractivity contribution in [2.24, 2.45) is 7.05 Å². The van der Waals surface area contributed by atoms with E-state index in [1.54, 1.807) is 6.92 Å². The van der Waals surface area contributed by atoms with Gasteiger partial charge in [-0.05, 0) is 32.0 Å². The van der Waals surface area contributed by atoms with Gasteiger partial charge in [-0.2, -0.15) is 0 Å². The molecule has 1 heterocycles. The van der Waals surface area contributed by atoms with Crippen LogP contribution in [0.2, 0.25) is 0 Å². The maximum atomic E-state index is 9.16. The molecular formula is C13H19N3O. The predicted molar refractivity (Wildman–Crippen MR) is 68.7 cm³/mol. The van der Waals surface area contributed by atoms with E-state index in [1.807, 2.05) is 25.2 Å². The molecule has 0 saturated heterocycles. The Bertz CT molecular complexity index is 490.